The molecule has 1 amide bonds. The molecule has 2 N–H and O–H groups in total. The first-order valence-electron chi connectivity index (χ1n) is 6.40. The van der Waals surface area contributed by atoms with E-state index in [0.717, 1.165) is 11.0 Å². The fourth-order valence-corrected chi connectivity index (χ4v) is 3.30. The lowest BCUT2D eigenvalue weighted by Crippen LogP contribution is -2.28. The van der Waals surface area contributed by atoms with Crippen molar-refractivity contribution in [2.45, 2.75) is 6.42 Å². The Morgan fingerprint density at radius 2 is 2.18 bits per heavy atom. The SMILES string of the molecule is COC(=O)c1ccc(F)c(N2CC(CS(N)(=O)=O)CC2=O)c1. The van der Waals surface area contributed by atoms with Crippen LogP contribution < -0.4 is 10.0 Å². The van der Waals surface area contributed by atoms with Crippen LogP contribution in [0.4, 0.5) is 10.1 Å². The molecule has 1 aliphatic heterocycles. The molecule has 1 fully saturated rings. The van der Waals surface area contributed by atoms with Crippen molar-refractivity contribution in [1.29, 1.82) is 0 Å². The third-order valence-electron chi connectivity index (χ3n) is 3.33. The Morgan fingerprint density at radius 3 is 2.77 bits per heavy atom. The van der Waals surface area contributed by atoms with Gasteiger partial charge in [-0.3, -0.25) is 4.79 Å². The molecular weight excluding hydrogens is 315 g/mol. The lowest BCUT2D eigenvalue weighted by molar-refractivity contribution is -0.117. The van der Waals surface area contributed by atoms with Gasteiger partial charge in [0.1, 0.15) is 5.82 Å². The molecule has 1 aromatic rings. The fraction of sp³-hybridized carbons (Fsp3) is 0.385. The van der Waals surface area contributed by atoms with E-state index in [1.165, 1.54) is 19.2 Å². The number of anilines is 1. The summed E-state index contributed by atoms with van der Waals surface area (Å²) >= 11 is 0. The fourth-order valence-electron chi connectivity index (χ4n) is 2.42. The van der Waals surface area contributed by atoms with Gasteiger partial charge >= 0.3 is 5.97 Å². The lowest BCUT2D eigenvalue weighted by Gasteiger charge is -2.18. The number of rotatable bonds is 4. The predicted octanol–water partition coefficient (Wildman–Crippen LogP) is 0.254. The van der Waals surface area contributed by atoms with Gasteiger partial charge in [-0.25, -0.2) is 22.7 Å². The van der Waals surface area contributed by atoms with Crippen molar-refractivity contribution in [2.75, 3.05) is 24.3 Å². The van der Waals surface area contributed by atoms with E-state index >= 15 is 0 Å². The largest absolute Gasteiger partial charge is 0.465 e. The average molecular weight is 330 g/mol. The van der Waals surface area contributed by atoms with E-state index in [1.54, 1.807) is 0 Å². The van der Waals surface area contributed by atoms with Crippen LogP contribution >= 0.6 is 0 Å². The van der Waals surface area contributed by atoms with Crippen LogP contribution in [0.15, 0.2) is 18.2 Å². The summed E-state index contributed by atoms with van der Waals surface area (Å²) < 4.78 is 40.7. The second-order valence-electron chi connectivity index (χ2n) is 5.06. The van der Waals surface area contributed by atoms with E-state index in [-0.39, 0.29) is 30.0 Å². The zero-order valence-corrected chi connectivity index (χ0v) is 12.6. The molecule has 0 saturated carbocycles. The summed E-state index contributed by atoms with van der Waals surface area (Å²) in [5, 5.41) is 4.96. The summed E-state index contributed by atoms with van der Waals surface area (Å²) in [4.78, 5) is 24.6. The second kappa shape index (κ2) is 6.01. The summed E-state index contributed by atoms with van der Waals surface area (Å²) in [7, 11) is -2.53. The summed E-state index contributed by atoms with van der Waals surface area (Å²) in [5.41, 5.74) is 0.0198. The van der Waals surface area contributed by atoms with Crippen molar-refractivity contribution in [3.63, 3.8) is 0 Å². The van der Waals surface area contributed by atoms with Gasteiger partial charge in [-0.15, -0.1) is 0 Å². The van der Waals surface area contributed by atoms with Crippen molar-refractivity contribution >= 4 is 27.6 Å². The first kappa shape index (κ1) is 16.4. The topological polar surface area (TPSA) is 107 Å². The van der Waals surface area contributed by atoms with Gasteiger partial charge < -0.3 is 9.64 Å². The second-order valence-corrected chi connectivity index (χ2v) is 6.72. The molecule has 120 valence electrons. The van der Waals surface area contributed by atoms with Crippen LogP contribution in [0, 0.1) is 11.7 Å². The number of benzene rings is 1. The van der Waals surface area contributed by atoms with Crippen LogP contribution in [0.3, 0.4) is 0 Å². The lowest BCUT2D eigenvalue weighted by atomic mass is 10.1. The summed E-state index contributed by atoms with van der Waals surface area (Å²) in [6.45, 7) is 0.0246. The van der Waals surface area contributed by atoms with Gasteiger partial charge in [-0.05, 0) is 18.2 Å². The molecule has 0 spiro atoms. The predicted molar refractivity (Wildman–Crippen MR) is 76.2 cm³/mol. The Hall–Kier alpha value is -2.00. The minimum Gasteiger partial charge on any atom is -0.465 e. The molecule has 22 heavy (non-hydrogen) atoms. The number of sulfonamides is 1. The van der Waals surface area contributed by atoms with Crippen molar-refractivity contribution < 1.29 is 27.1 Å². The molecule has 1 heterocycles. The standard InChI is InChI=1S/C13H15FN2O5S/c1-21-13(18)9-2-3-10(14)11(5-9)16-6-8(4-12(16)17)7-22(15,19)20/h2-3,5,8H,4,6-7H2,1H3,(H2,15,19,20). The van der Waals surface area contributed by atoms with Crippen LogP contribution in [0.2, 0.25) is 0 Å². The van der Waals surface area contributed by atoms with Crippen LogP contribution in [0.1, 0.15) is 16.8 Å². The number of ether oxygens (including phenoxy) is 1. The van der Waals surface area contributed by atoms with E-state index in [1.807, 2.05) is 0 Å². The smallest absolute Gasteiger partial charge is 0.337 e. The van der Waals surface area contributed by atoms with Gasteiger partial charge in [-0.2, -0.15) is 0 Å². The van der Waals surface area contributed by atoms with Gasteiger partial charge in [0.05, 0.1) is 24.1 Å². The maximum Gasteiger partial charge on any atom is 0.337 e. The number of halogens is 1. The number of carbonyl (C=O) groups is 2. The minimum atomic E-state index is -3.72. The monoisotopic (exact) mass is 330 g/mol. The van der Waals surface area contributed by atoms with E-state index in [4.69, 9.17) is 5.14 Å². The Labute approximate surface area is 126 Å². The zero-order valence-electron chi connectivity index (χ0n) is 11.8. The van der Waals surface area contributed by atoms with Gasteiger partial charge in [0, 0.05) is 18.9 Å². The average Bonchev–Trinajstić information content (AvgIpc) is 2.76. The highest BCUT2D eigenvalue weighted by Crippen LogP contribution is 2.29. The van der Waals surface area contributed by atoms with Crippen molar-refractivity contribution in [3.8, 4) is 0 Å². The molecule has 1 unspecified atom stereocenters. The number of methoxy groups -OCH3 is 1. The number of nitrogens with zero attached hydrogens (tertiary/aromatic N) is 1. The van der Waals surface area contributed by atoms with Crippen LogP contribution in [-0.4, -0.2) is 39.7 Å². The number of primary sulfonamides is 1. The van der Waals surface area contributed by atoms with E-state index < -0.39 is 33.6 Å². The van der Waals surface area contributed by atoms with Gasteiger partial charge in [-0.1, -0.05) is 0 Å². The molecule has 0 bridgehead atoms. The molecule has 0 aromatic heterocycles. The molecular formula is C13H15FN2O5S. The third kappa shape index (κ3) is 3.60. The Morgan fingerprint density at radius 1 is 1.50 bits per heavy atom. The highest BCUT2D eigenvalue weighted by Gasteiger charge is 2.34. The van der Waals surface area contributed by atoms with Crippen molar-refractivity contribution in [3.05, 3.63) is 29.6 Å². The van der Waals surface area contributed by atoms with Crippen LogP contribution in [0.25, 0.3) is 0 Å². The number of nitrogens with two attached hydrogens (primary N) is 1. The number of carbonyl (C=O) groups excluding carboxylic acids is 2. The number of hydrogen-bond acceptors (Lipinski definition) is 5. The minimum absolute atomic E-state index is 0.0246. The molecule has 9 heteroatoms. The normalized spacial score (nSPS) is 18.6. The van der Waals surface area contributed by atoms with Gasteiger partial charge in [0.25, 0.3) is 0 Å². The number of amides is 1. The van der Waals surface area contributed by atoms with Gasteiger partial charge in [0.2, 0.25) is 15.9 Å². The first-order valence-corrected chi connectivity index (χ1v) is 8.11. The van der Waals surface area contributed by atoms with Crippen molar-refractivity contribution in [1.82, 2.24) is 0 Å². The third-order valence-corrected chi connectivity index (χ3v) is 4.27. The summed E-state index contributed by atoms with van der Waals surface area (Å²) in [6, 6.07) is 3.51. The maximum atomic E-state index is 13.9. The summed E-state index contributed by atoms with van der Waals surface area (Å²) in [5.74, 6) is -2.63. The van der Waals surface area contributed by atoms with Gasteiger partial charge in [0.15, 0.2) is 0 Å². The highest BCUT2D eigenvalue weighted by atomic mass is 32.2. The Bertz CT molecular complexity index is 719. The van der Waals surface area contributed by atoms with E-state index in [0.29, 0.717) is 0 Å². The zero-order chi connectivity index (χ0) is 16.5. The molecule has 7 nitrogen and oxygen atoms in total. The molecule has 1 atom stereocenters. The quantitative estimate of drug-likeness (QED) is 0.797. The van der Waals surface area contributed by atoms with Crippen molar-refractivity contribution in [2.24, 2.45) is 11.1 Å². The van der Waals surface area contributed by atoms with E-state index in [2.05, 4.69) is 4.74 Å². The molecule has 1 aromatic carbocycles. The Kier molecular flexibility index (Phi) is 4.47. The molecule has 1 saturated heterocycles. The first-order chi connectivity index (χ1) is 10.2. The Balaban J connectivity index is 2.28. The highest BCUT2D eigenvalue weighted by molar-refractivity contribution is 7.89. The number of hydrogen-bond donors (Lipinski definition) is 1. The maximum absolute atomic E-state index is 13.9. The molecule has 0 radical (unpaired) electrons. The van der Waals surface area contributed by atoms with Crippen LogP contribution in [0.5, 0.6) is 0 Å². The summed E-state index contributed by atoms with van der Waals surface area (Å²) in [6.07, 6.45) is -0.0433. The molecule has 2 rings (SSSR count). The van der Waals surface area contributed by atoms with Crippen LogP contribution in [-0.2, 0) is 19.6 Å². The molecule has 1 aliphatic rings. The van der Waals surface area contributed by atoms with E-state index in [9.17, 15) is 22.4 Å². The molecule has 0 aliphatic carbocycles. The number of esters is 1.